The highest BCUT2D eigenvalue weighted by atomic mass is 127. The highest BCUT2D eigenvalue weighted by molar-refractivity contribution is 14.1. The first-order chi connectivity index (χ1) is 5.70. The molecule has 2 heterocycles. The predicted octanol–water partition coefficient (Wildman–Crippen LogP) is 1.67. The summed E-state index contributed by atoms with van der Waals surface area (Å²) in [4.78, 5) is 12.4. The maximum absolute atomic E-state index is 10.9. The van der Waals surface area contributed by atoms with Crippen molar-refractivity contribution in [2.45, 2.75) is 6.54 Å². The minimum absolute atomic E-state index is 0.438. The van der Waals surface area contributed by atoms with Crippen molar-refractivity contribution in [2.75, 3.05) is 11.4 Å². The average molecular weight is 297 g/mol. The normalized spacial score (nSPS) is 15.0. The standard InChI is InChI=1S/C6H5ClIN3O/c7-6(12)10-1-2-11-5(10)4(8)3-9-11/h3H,1-2H2. The zero-order valence-electron chi connectivity index (χ0n) is 6.00. The van der Waals surface area contributed by atoms with Gasteiger partial charge in [0.1, 0.15) is 5.82 Å². The van der Waals surface area contributed by atoms with Crippen LogP contribution >= 0.6 is 34.2 Å². The fourth-order valence-electron chi connectivity index (χ4n) is 1.26. The molecule has 0 aliphatic carbocycles. The Morgan fingerprint density at radius 3 is 3.08 bits per heavy atom. The molecule has 1 aliphatic rings. The fourth-order valence-corrected chi connectivity index (χ4v) is 2.12. The first-order valence-electron chi connectivity index (χ1n) is 3.38. The lowest BCUT2D eigenvalue weighted by atomic mass is 10.6. The summed E-state index contributed by atoms with van der Waals surface area (Å²) in [5.74, 6) is 0.815. The number of carbonyl (C=O) groups is 1. The molecule has 0 aromatic carbocycles. The van der Waals surface area contributed by atoms with Crippen molar-refractivity contribution in [2.24, 2.45) is 0 Å². The van der Waals surface area contributed by atoms with Gasteiger partial charge in [0.2, 0.25) is 0 Å². The van der Waals surface area contributed by atoms with Crippen LogP contribution in [0.25, 0.3) is 0 Å². The van der Waals surface area contributed by atoms with E-state index in [9.17, 15) is 4.79 Å². The second kappa shape index (κ2) is 2.88. The molecule has 12 heavy (non-hydrogen) atoms. The molecule has 4 nitrogen and oxygen atoms in total. The molecule has 0 radical (unpaired) electrons. The van der Waals surface area contributed by atoms with Crippen molar-refractivity contribution in [1.82, 2.24) is 9.78 Å². The summed E-state index contributed by atoms with van der Waals surface area (Å²) in [6, 6.07) is 0. The van der Waals surface area contributed by atoms with Gasteiger partial charge in [0.05, 0.1) is 16.3 Å². The van der Waals surface area contributed by atoms with Crippen LogP contribution in [0.2, 0.25) is 0 Å². The van der Waals surface area contributed by atoms with E-state index < -0.39 is 5.37 Å². The molecule has 64 valence electrons. The molecule has 0 fully saturated rings. The van der Waals surface area contributed by atoms with Gasteiger partial charge in [-0.2, -0.15) is 5.10 Å². The molecule has 0 unspecified atom stereocenters. The Bertz CT molecular complexity index is 338. The van der Waals surface area contributed by atoms with Gasteiger partial charge in [0.15, 0.2) is 0 Å². The van der Waals surface area contributed by atoms with Crippen LogP contribution in [0, 0.1) is 3.57 Å². The van der Waals surface area contributed by atoms with E-state index in [4.69, 9.17) is 11.6 Å². The number of fused-ring (bicyclic) bond motifs is 1. The Labute approximate surface area is 87.6 Å². The Morgan fingerprint density at radius 1 is 1.67 bits per heavy atom. The van der Waals surface area contributed by atoms with E-state index in [0.717, 1.165) is 15.9 Å². The van der Waals surface area contributed by atoms with Crippen LogP contribution in [0.3, 0.4) is 0 Å². The van der Waals surface area contributed by atoms with Crippen molar-refractivity contribution in [3.05, 3.63) is 9.77 Å². The van der Waals surface area contributed by atoms with Crippen LogP contribution in [-0.2, 0) is 6.54 Å². The molecule has 1 aromatic heterocycles. The molecular formula is C6H5ClIN3O. The number of anilines is 1. The van der Waals surface area contributed by atoms with Gasteiger partial charge in [-0.25, -0.2) is 4.68 Å². The van der Waals surface area contributed by atoms with Gasteiger partial charge in [-0.05, 0) is 34.2 Å². The highest BCUT2D eigenvalue weighted by Gasteiger charge is 2.26. The van der Waals surface area contributed by atoms with E-state index in [1.54, 1.807) is 10.9 Å². The third-order valence-electron chi connectivity index (χ3n) is 1.77. The van der Waals surface area contributed by atoms with Crippen molar-refractivity contribution >= 4 is 45.4 Å². The maximum Gasteiger partial charge on any atom is 0.322 e. The van der Waals surface area contributed by atoms with Gasteiger partial charge in [-0.15, -0.1) is 0 Å². The van der Waals surface area contributed by atoms with E-state index in [2.05, 4.69) is 27.7 Å². The summed E-state index contributed by atoms with van der Waals surface area (Å²) in [5, 5.41) is 3.65. The van der Waals surface area contributed by atoms with Crippen molar-refractivity contribution in [3.63, 3.8) is 0 Å². The summed E-state index contributed by atoms with van der Waals surface area (Å²) in [6.45, 7) is 1.36. The SMILES string of the molecule is O=C(Cl)N1CCn2ncc(I)c21. The maximum atomic E-state index is 10.9. The van der Waals surface area contributed by atoms with Crippen LogP contribution in [0.1, 0.15) is 0 Å². The Morgan fingerprint density at radius 2 is 2.42 bits per heavy atom. The third kappa shape index (κ3) is 1.11. The van der Waals surface area contributed by atoms with Crippen LogP contribution in [0.5, 0.6) is 0 Å². The lowest BCUT2D eigenvalue weighted by Gasteiger charge is -2.09. The first kappa shape index (κ1) is 8.31. The number of rotatable bonds is 0. The Hall–Kier alpha value is -0.300. The lowest BCUT2D eigenvalue weighted by Crippen LogP contribution is -2.23. The molecular weight excluding hydrogens is 292 g/mol. The topological polar surface area (TPSA) is 38.1 Å². The molecule has 0 saturated carbocycles. The summed E-state index contributed by atoms with van der Waals surface area (Å²) in [7, 11) is 0. The summed E-state index contributed by atoms with van der Waals surface area (Å²) < 4.78 is 2.74. The minimum atomic E-state index is -0.438. The van der Waals surface area contributed by atoms with E-state index in [-0.39, 0.29) is 0 Å². The molecule has 2 rings (SSSR count). The molecule has 0 spiro atoms. The van der Waals surface area contributed by atoms with Crippen LogP contribution in [-0.4, -0.2) is 21.7 Å². The molecule has 0 atom stereocenters. The van der Waals surface area contributed by atoms with Crippen molar-refractivity contribution in [3.8, 4) is 0 Å². The van der Waals surface area contributed by atoms with Gasteiger partial charge in [0.25, 0.3) is 0 Å². The number of halogens is 2. The van der Waals surface area contributed by atoms with Crippen molar-refractivity contribution < 1.29 is 4.79 Å². The smallest absolute Gasteiger partial charge is 0.281 e. The molecule has 0 N–H and O–H groups in total. The third-order valence-corrected chi connectivity index (χ3v) is 2.74. The Balaban J connectivity index is 2.46. The van der Waals surface area contributed by atoms with Crippen LogP contribution in [0.4, 0.5) is 10.6 Å². The predicted molar refractivity (Wildman–Crippen MR) is 53.5 cm³/mol. The van der Waals surface area contributed by atoms with Gasteiger partial charge in [0, 0.05) is 6.54 Å². The lowest BCUT2D eigenvalue weighted by molar-refractivity contribution is 0.264. The van der Waals surface area contributed by atoms with Gasteiger partial charge in [-0.1, -0.05) is 0 Å². The largest absolute Gasteiger partial charge is 0.322 e. The number of amides is 1. The zero-order chi connectivity index (χ0) is 8.72. The number of hydrogen-bond donors (Lipinski definition) is 0. The summed E-state index contributed by atoms with van der Waals surface area (Å²) in [6.07, 6.45) is 1.72. The van der Waals surface area contributed by atoms with E-state index in [0.29, 0.717) is 6.54 Å². The van der Waals surface area contributed by atoms with E-state index in [1.165, 1.54) is 4.90 Å². The van der Waals surface area contributed by atoms with E-state index in [1.807, 2.05) is 0 Å². The molecule has 0 bridgehead atoms. The molecule has 6 heteroatoms. The highest BCUT2D eigenvalue weighted by Crippen LogP contribution is 2.27. The summed E-state index contributed by atoms with van der Waals surface area (Å²) >= 11 is 7.52. The second-order valence-corrected chi connectivity index (χ2v) is 3.93. The zero-order valence-corrected chi connectivity index (χ0v) is 8.91. The monoisotopic (exact) mass is 297 g/mol. The van der Waals surface area contributed by atoms with Gasteiger partial charge in [-0.3, -0.25) is 9.69 Å². The van der Waals surface area contributed by atoms with Gasteiger partial charge >= 0.3 is 5.37 Å². The molecule has 1 aromatic rings. The fraction of sp³-hybridized carbons (Fsp3) is 0.333. The molecule has 1 amide bonds. The van der Waals surface area contributed by atoms with Crippen LogP contribution in [0.15, 0.2) is 6.20 Å². The number of hydrogen-bond acceptors (Lipinski definition) is 2. The van der Waals surface area contributed by atoms with Crippen molar-refractivity contribution in [1.29, 1.82) is 0 Å². The number of aromatic nitrogens is 2. The molecule has 1 aliphatic heterocycles. The molecule has 0 saturated heterocycles. The number of carbonyl (C=O) groups excluding carboxylic acids is 1. The summed E-state index contributed by atoms with van der Waals surface area (Å²) in [5.41, 5.74) is 0. The quantitative estimate of drug-likeness (QED) is 0.415. The minimum Gasteiger partial charge on any atom is -0.281 e. The second-order valence-electron chi connectivity index (χ2n) is 2.44. The number of nitrogens with zero attached hydrogens (tertiary/aromatic N) is 3. The first-order valence-corrected chi connectivity index (χ1v) is 4.84. The van der Waals surface area contributed by atoms with E-state index >= 15 is 0 Å². The Kier molecular flexibility index (Phi) is 1.99. The van der Waals surface area contributed by atoms with Crippen LogP contribution < -0.4 is 4.90 Å². The average Bonchev–Trinajstić information content (AvgIpc) is 2.53. The van der Waals surface area contributed by atoms with Gasteiger partial charge < -0.3 is 0 Å².